The van der Waals surface area contributed by atoms with E-state index < -0.39 is 0 Å². The zero-order valence-electron chi connectivity index (χ0n) is 10.6. The second kappa shape index (κ2) is 7.41. The van der Waals surface area contributed by atoms with Gasteiger partial charge < -0.3 is 5.32 Å². The van der Waals surface area contributed by atoms with E-state index in [0.29, 0.717) is 11.8 Å². The van der Waals surface area contributed by atoms with Gasteiger partial charge in [-0.1, -0.05) is 43.5 Å². The van der Waals surface area contributed by atoms with E-state index in [2.05, 4.69) is 10.3 Å². The van der Waals surface area contributed by atoms with Crippen LogP contribution in [0, 0.1) is 0 Å². The topological polar surface area (TPSA) is 42.0 Å². The van der Waals surface area contributed by atoms with Crippen LogP contribution in [0.1, 0.15) is 38.5 Å². The number of aromatic nitrogens is 1. The molecule has 0 aromatic carbocycles. The minimum Gasteiger partial charge on any atom is -0.353 e. The van der Waals surface area contributed by atoms with Gasteiger partial charge in [0.1, 0.15) is 0 Å². The minimum absolute atomic E-state index is 0.137. The molecular formula is C14H20N2OS. The number of amides is 1. The number of rotatable bonds is 4. The highest BCUT2D eigenvalue weighted by molar-refractivity contribution is 7.99. The molecule has 98 valence electrons. The normalized spacial score (nSPS) is 17.1. The van der Waals surface area contributed by atoms with Gasteiger partial charge in [0.15, 0.2) is 0 Å². The number of hydrogen-bond donors (Lipinski definition) is 1. The summed E-state index contributed by atoms with van der Waals surface area (Å²) in [5.41, 5.74) is 0. The molecule has 1 aromatic rings. The minimum atomic E-state index is 0.137. The van der Waals surface area contributed by atoms with Gasteiger partial charge in [-0.25, -0.2) is 4.98 Å². The van der Waals surface area contributed by atoms with Crippen LogP contribution < -0.4 is 5.32 Å². The Kier molecular flexibility index (Phi) is 5.52. The van der Waals surface area contributed by atoms with Crippen LogP contribution in [0.25, 0.3) is 0 Å². The molecule has 1 aromatic heterocycles. The standard InChI is InChI=1S/C14H20N2OS/c17-13(11-18-14-9-5-6-10-15-14)16-12-7-3-1-2-4-8-12/h5-6,9-10,12H,1-4,7-8,11H2,(H,16,17). The van der Waals surface area contributed by atoms with Crippen molar-refractivity contribution < 1.29 is 4.79 Å². The molecule has 0 unspecified atom stereocenters. The van der Waals surface area contributed by atoms with Crippen molar-refractivity contribution in [1.82, 2.24) is 10.3 Å². The zero-order valence-corrected chi connectivity index (χ0v) is 11.4. The quantitative estimate of drug-likeness (QED) is 0.671. The lowest BCUT2D eigenvalue weighted by Crippen LogP contribution is -2.35. The summed E-state index contributed by atoms with van der Waals surface area (Å²) in [6.07, 6.45) is 9.16. The first-order valence-electron chi connectivity index (χ1n) is 6.68. The van der Waals surface area contributed by atoms with Crippen molar-refractivity contribution in [1.29, 1.82) is 0 Å². The van der Waals surface area contributed by atoms with E-state index >= 15 is 0 Å². The number of nitrogens with one attached hydrogen (secondary N) is 1. The van der Waals surface area contributed by atoms with Crippen molar-refractivity contribution in [3.8, 4) is 0 Å². The predicted molar refractivity (Wildman–Crippen MR) is 74.6 cm³/mol. The molecule has 2 rings (SSSR count). The summed E-state index contributed by atoms with van der Waals surface area (Å²) in [5.74, 6) is 0.602. The van der Waals surface area contributed by atoms with Crippen LogP contribution in [0.15, 0.2) is 29.4 Å². The Hall–Kier alpha value is -1.03. The van der Waals surface area contributed by atoms with Crippen LogP contribution in [0.3, 0.4) is 0 Å². The highest BCUT2D eigenvalue weighted by atomic mass is 32.2. The van der Waals surface area contributed by atoms with Crippen LogP contribution in [-0.2, 0) is 4.79 Å². The third kappa shape index (κ3) is 4.69. The fraction of sp³-hybridized carbons (Fsp3) is 0.571. The first-order chi connectivity index (χ1) is 8.84. The van der Waals surface area contributed by atoms with E-state index in [-0.39, 0.29) is 5.91 Å². The second-order valence-electron chi connectivity index (χ2n) is 4.71. The fourth-order valence-electron chi connectivity index (χ4n) is 2.27. The van der Waals surface area contributed by atoms with Gasteiger partial charge in [0.25, 0.3) is 0 Å². The Morgan fingerprint density at radius 3 is 2.72 bits per heavy atom. The summed E-state index contributed by atoms with van der Waals surface area (Å²) in [5, 5.41) is 4.05. The number of pyridine rings is 1. The Labute approximate surface area is 113 Å². The molecule has 18 heavy (non-hydrogen) atoms. The monoisotopic (exact) mass is 264 g/mol. The highest BCUT2D eigenvalue weighted by Crippen LogP contribution is 2.18. The third-order valence-electron chi connectivity index (χ3n) is 3.21. The van der Waals surface area contributed by atoms with E-state index in [9.17, 15) is 4.79 Å². The molecule has 1 saturated carbocycles. The van der Waals surface area contributed by atoms with Crippen molar-refractivity contribution in [2.75, 3.05) is 5.75 Å². The highest BCUT2D eigenvalue weighted by Gasteiger charge is 2.14. The molecule has 1 heterocycles. The van der Waals surface area contributed by atoms with Gasteiger partial charge in [-0.15, -0.1) is 0 Å². The first-order valence-corrected chi connectivity index (χ1v) is 7.66. The molecule has 4 heteroatoms. The van der Waals surface area contributed by atoms with Gasteiger partial charge in [-0.05, 0) is 25.0 Å². The van der Waals surface area contributed by atoms with Crippen LogP contribution in [0.4, 0.5) is 0 Å². The number of thioether (sulfide) groups is 1. The van der Waals surface area contributed by atoms with Gasteiger partial charge in [-0.3, -0.25) is 4.79 Å². The second-order valence-corrected chi connectivity index (χ2v) is 5.71. The van der Waals surface area contributed by atoms with E-state index in [1.165, 1.54) is 37.4 Å². The lowest BCUT2D eigenvalue weighted by molar-refractivity contribution is -0.119. The molecule has 1 aliphatic rings. The lowest BCUT2D eigenvalue weighted by atomic mass is 10.1. The molecule has 0 spiro atoms. The molecule has 0 bridgehead atoms. The number of nitrogens with zero attached hydrogens (tertiary/aromatic N) is 1. The number of carbonyl (C=O) groups is 1. The van der Waals surface area contributed by atoms with Crippen LogP contribution in [0.2, 0.25) is 0 Å². The smallest absolute Gasteiger partial charge is 0.230 e. The van der Waals surface area contributed by atoms with Gasteiger partial charge in [-0.2, -0.15) is 0 Å². The average molecular weight is 264 g/mol. The van der Waals surface area contributed by atoms with Gasteiger partial charge in [0.05, 0.1) is 10.8 Å². The Bertz CT molecular complexity index is 361. The van der Waals surface area contributed by atoms with Crippen LogP contribution >= 0.6 is 11.8 Å². The molecule has 0 atom stereocenters. The summed E-state index contributed by atoms with van der Waals surface area (Å²) >= 11 is 1.50. The molecule has 0 saturated heterocycles. The summed E-state index contributed by atoms with van der Waals surface area (Å²) in [7, 11) is 0. The molecule has 1 N–H and O–H groups in total. The van der Waals surface area contributed by atoms with Crippen molar-refractivity contribution in [3.05, 3.63) is 24.4 Å². The van der Waals surface area contributed by atoms with E-state index in [0.717, 1.165) is 17.9 Å². The lowest BCUT2D eigenvalue weighted by Gasteiger charge is -2.15. The largest absolute Gasteiger partial charge is 0.353 e. The molecule has 1 aliphatic carbocycles. The summed E-state index contributed by atoms with van der Waals surface area (Å²) < 4.78 is 0. The Morgan fingerprint density at radius 1 is 1.28 bits per heavy atom. The van der Waals surface area contributed by atoms with Crippen LogP contribution in [-0.4, -0.2) is 22.7 Å². The predicted octanol–water partition coefficient (Wildman–Crippen LogP) is 3.01. The van der Waals surface area contributed by atoms with Gasteiger partial charge in [0, 0.05) is 12.2 Å². The molecule has 1 amide bonds. The van der Waals surface area contributed by atoms with E-state index in [1.807, 2.05) is 18.2 Å². The summed E-state index contributed by atoms with van der Waals surface area (Å²) in [6.45, 7) is 0. The summed E-state index contributed by atoms with van der Waals surface area (Å²) in [4.78, 5) is 16.0. The molecule has 3 nitrogen and oxygen atoms in total. The maximum atomic E-state index is 11.8. The van der Waals surface area contributed by atoms with Crippen molar-refractivity contribution >= 4 is 17.7 Å². The van der Waals surface area contributed by atoms with Crippen molar-refractivity contribution in [2.24, 2.45) is 0 Å². The maximum absolute atomic E-state index is 11.8. The van der Waals surface area contributed by atoms with Crippen LogP contribution in [0.5, 0.6) is 0 Å². The third-order valence-corrected chi connectivity index (χ3v) is 4.15. The van der Waals surface area contributed by atoms with Crippen molar-refractivity contribution in [2.45, 2.75) is 49.6 Å². The summed E-state index contributed by atoms with van der Waals surface area (Å²) in [6, 6.07) is 6.15. The molecule has 1 fully saturated rings. The molecular weight excluding hydrogens is 244 g/mol. The molecule has 0 radical (unpaired) electrons. The number of hydrogen-bond acceptors (Lipinski definition) is 3. The Balaban J connectivity index is 1.71. The SMILES string of the molecule is O=C(CSc1ccccn1)NC1CCCCCC1. The van der Waals surface area contributed by atoms with E-state index in [1.54, 1.807) is 6.20 Å². The van der Waals surface area contributed by atoms with Gasteiger partial charge >= 0.3 is 0 Å². The average Bonchev–Trinajstić information content (AvgIpc) is 2.66. The Morgan fingerprint density at radius 2 is 2.06 bits per heavy atom. The molecule has 0 aliphatic heterocycles. The fourth-order valence-corrected chi connectivity index (χ4v) is 2.94. The number of carbonyl (C=O) groups excluding carboxylic acids is 1. The van der Waals surface area contributed by atoms with Crippen molar-refractivity contribution in [3.63, 3.8) is 0 Å². The zero-order chi connectivity index (χ0) is 12.6. The maximum Gasteiger partial charge on any atom is 0.230 e. The van der Waals surface area contributed by atoms with Gasteiger partial charge in [0.2, 0.25) is 5.91 Å². The first kappa shape index (κ1) is 13.4. The van der Waals surface area contributed by atoms with E-state index in [4.69, 9.17) is 0 Å².